The van der Waals surface area contributed by atoms with Gasteiger partial charge in [-0.05, 0) is 62.4 Å². The SMILES string of the molecule is Cc1c(C)n(Cc2ccc(Cl)cc2)c2c(N3CCCCC3)nccc12.Cl. The lowest BCUT2D eigenvalue weighted by atomic mass is 10.1. The second-order valence-electron chi connectivity index (χ2n) is 7.00. The molecule has 2 aromatic heterocycles. The van der Waals surface area contributed by atoms with Crippen molar-refractivity contribution in [2.24, 2.45) is 0 Å². The monoisotopic (exact) mass is 389 g/mol. The second-order valence-corrected chi connectivity index (χ2v) is 7.44. The predicted octanol–water partition coefficient (Wildman–Crippen LogP) is 5.77. The van der Waals surface area contributed by atoms with Gasteiger partial charge in [0.1, 0.15) is 0 Å². The molecule has 0 amide bonds. The number of rotatable bonds is 3. The molecular weight excluding hydrogens is 365 g/mol. The minimum Gasteiger partial charge on any atom is -0.355 e. The minimum atomic E-state index is 0. The van der Waals surface area contributed by atoms with E-state index in [0.29, 0.717) is 0 Å². The van der Waals surface area contributed by atoms with E-state index in [4.69, 9.17) is 16.6 Å². The Labute approximate surface area is 166 Å². The van der Waals surface area contributed by atoms with Gasteiger partial charge in [-0.25, -0.2) is 4.98 Å². The second kappa shape index (κ2) is 7.89. The number of piperidine rings is 1. The molecule has 0 N–H and O–H groups in total. The first-order valence-corrected chi connectivity index (χ1v) is 9.47. The number of halogens is 2. The highest BCUT2D eigenvalue weighted by molar-refractivity contribution is 6.30. The zero-order valence-corrected chi connectivity index (χ0v) is 16.9. The van der Waals surface area contributed by atoms with Crippen LogP contribution in [0.15, 0.2) is 36.5 Å². The number of aryl methyl sites for hydroxylation is 1. The molecule has 138 valence electrons. The maximum Gasteiger partial charge on any atom is 0.153 e. The van der Waals surface area contributed by atoms with Gasteiger partial charge in [-0.15, -0.1) is 12.4 Å². The predicted molar refractivity (Wildman–Crippen MR) is 113 cm³/mol. The van der Waals surface area contributed by atoms with Crippen molar-refractivity contribution in [1.29, 1.82) is 0 Å². The number of aromatic nitrogens is 2. The molecule has 0 atom stereocenters. The number of benzene rings is 1. The van der Waals surface area contributed by atoms with Crippen molar-refractivity contribution in [2.75, 3.05) is 18.0 Å². The van der Waals surface area contributed by atoms with E-state index in [2.05, 4.69) is 41.5 Å². The Bertz CT molecular complexity index is 894. The highest BCUT2D eigenvalue weighted by Crippen LogP contribution is 2.33. The Kier molecular flexibility index (Phi) is 5.79. The van der Waals surface area contributed by atoms with E-state index in [1.165, 1.54) is 47.0 Å². The number of nitrogens with zero attached hydrogens (tertiary/aromatic N) is 3. The van der Waals surface area contributed by atoms with E-state index in [1.807, 2.05) is 18.3 Å². The largest absolute Gasteiger partial charge is 0.355 e. The van der Waals surface area contributed by atoms with Crippen LogP contribution >= 0.6 is 24.0 Å². The van der Waals surface area contributed by atoms with E-state index in [0.717, 1.165) is 30.5 Å². The number of pyridine rings is 1. The van der Waals surface area contributed by atoms with E-state index in [-0.39, 0.29) is 12.4 Å². The molecule has 0 spiro atoms. The third-order valence-electron chi connectivity index (χ3n) is 5.44. The fraction of sp³-hybridized carbons (Fsp3) is 0.381. The molecule has 3 heterocycles. The smallest absolute Gasteiger partial charge is 0.153 e. The van der Waals surface area contributed by atoms with E-state index in [1.54, 1.807) is 0 Å². The van der Waals surface area contributed by atoms with Crippen molar-refractivity contribution >= 4 is 40.7 Å². The zero-order valence-electron chi connectivity index (χ0n) is 15.3. The number of anilines is 1. The van der Waals surface area contributed by atoms with Crippen molar-refractivity contribution < 1.29 is 0 Å². The van der Waals surface area contributed by atoms with Crippen molar-refractivity contribution in [3.63, 3.8) is 0 Å². The van der Waals surface area contributed by atoms with Crippen molar-refractivity contribution in [1.82, 2.24) is 9.55 Å². The van der Waals surface area contributed by atoms with Gasteiger partial charge in [0.15, 0.2) is 5.82 Å². The average molecular weight is 390 g/mol. The van der Waals surface area contributed by atoms with Crippen molar-refractivity contribution in [3.05, 3.63) is 58.4 Å². The van der Waals surface area contributed by atoms with Crippen LogP contribution in [-0.4, -0.2) is 22.6 Å². The van der Waals surface area contributed by atoms with Crippen molar-refractivity contribution in [2.45, 2.75) is 39.7 Å². The van der Waals surface area contributed by atoms with E-state index < -0.39 is 0 Å². The quantitative estimate of drug-likeness (QED) is 0.566. The Morgan fingerprint density at radius 3 is 2.38 bits per heavy atom. The lowest BCUT2D eigenvalue weighted by Crippen LogP contribution is -2.30. The Morgan fingerprint density at radius 2 is 1.69 bits per heavy atom. The Hall–Kier alpha value is -1.71. The van der Waals surface area contributed by atoms with Crippen LogP contribution in [0.1, 0.15) is 36.1 Å². The van der Waals surface area contributed by atoms with Gasteiger partial charge in [-0.2, -0.15) is 0 Å². The van der Waals surface area contributed by atoms with Gasteiger partial charge in [-0.1, -0.05) is 23.7 Å². The van der Waals surface area contributed by atoms with Gasteiger partial charge in [0.2, 0.25) is 0 Å². The third kappa shape index (κ3) is 3.43. The van der Waals surface area contributed by atoms with Crippen LogP contribution in [0.25, 0.3) is 10.9 Å². The van der Waals surface area contributed by atoms with Crippen LogP contribution in [0.3, 0.4) is 0 Å². The lowest BCUT2D eigenvalue weighted by molar-refractivity contribution is 0.574. The maximum atomic E-state index is 6.05. The van der Waals surface area contributed by atoms with Gasteiger partial charge in [0, 0.05) is 41.9 Å². The average Bonchev–Trinajstić information content (AvgIpc) is 2.89. The molecule has 0 bridgehead atoms. The number of hydrogen-bond acceptors (Lipinski definition) is 2. The highest BCUT2D eigenvalue weighted by atomic mass is 35.5. The molecule has 1 saturated heterocycles. The topological polar surface area (TPSA) is 21.1 Å². The molecule has 4 rings (SSSR count). The van der Waals surface area contributed by atoms with Crippen LogP contribution in [-0.2, 0) is 6.54 Å². The molecular formula is C21H25Cl2N3. The summed E-state index contributed by atoms with van der Waals surface area (Å²) in [5, 5.41) is 2.10. The molecule has 0 radical (unpaired) electrons. The summed E-state index contributed by atoms with van der Waals surface area (Å²) in [5.74, 6) is 1.14. The molecule has 5 heteroatoms. The number of fused-ring (bicyclic) bond motifs is 1. The first-order valence-electron chi connectivity index (χ1n) is 9.09. The van der Waals surface area contributed by atoms with Gasteiger partial charge in [0.25, 0.3) is 0 Å². The summed E-state index contributed by atoms with van der Waals surface area (Å²) in [4.78, 5) is 7.25. The molecule has 3 nitrogen and oxygen atoms in total. The van der Waals surface area contributed by atoms with Crippen LogP contribution < -0.4 is 4.90 Å². The summed E-state index contributed by atoms with van der Waals surface area (Å²) in [6, 6.07) is 10.3. The van der Waals surface area contributed by atoms with Crippen LogP contribution in [0.5, 0.6) is 0 Å². The Balaban J connectivity index is 0.00000196. The first-order chi connectivity index (χ1) is 12.1. The molecule has 0 aliphatic carbocycles. The van der Waals surface area contributed by atoms with Crippen LogP contribution in [0.4, 0.5) is 5.82 Å². The van der Waals surface area contributed by atoms with Gasteiger partial charge in [-0.3, -0.25) is 0 Å². The Morgan fingerprint density at radius 1 is 1.00 bits per heavy atom. The summed E-state index contributed by atoms with van der Waals surface area (Å²) in [6.07, 6.45) is 5.81. The molecule has 26 heavy (non-hydrogen) atoms. The maximum absolute atomic E-state index is 6.05. The summed E-state index contributed by atoms with van der Waals surface area (Å²) in [6.45, 7) is 7.49. The van der Waals surface area contributed by atoms with Crippen LogP contribution in [0.2, 0.25) is 5.02 Å². The van der Waals surface area contributed by atoms with Gasteiger partial charge < -0.3 is 9.47 Å². The summed E-state index contributed by atoms with van der Waals surface area (Å²) in [5.41, 5.74) is 5.20. The third-order valence-corrected chi connectivity index (χ3v) is 5.69. The fourth-order valence-electron chi connectivity index (χ4n) is 3.88. The van der Waals surface area contributed by atoms with Gasteiger partial charge in [0.05, 0.1) is 5.52 Å². The van der Waals surface area contributed by atoms with E-state index in [9.17, 15) is 0 Å². The highest BCUT2D eigenvalue weighted by Gasteiger charge is 2.20. The molecule has 1 aliphatic heterocycles. The lowest BCUT2D eigenvalue weighted by Gasteiger charge is -2.28. The number of hydrogen-bond donors (Lipinski definition) is 0. The first kappa shape index (κ1) is 19.1. The standard InChI is InChI=1S/C21H24ClN3.ClH/c1-15-16(2)25(14-17-6-8-18(22)9-7-17)20-19(15)10-11-23-21(20)24-12-4-3-5-13-24;/h6-11H,3-5,12-14H2,1-2H3;1H. The molecule has 0 unspecified atom stereocenters. The normalized spacial score (nSPS) is 14.5. The van der Waals surface area contributed by atoms with Crippen molar-refractivity contribution in [3.8, 4) is 0 Å². The summed E-state index contributed by atoms with van der Waals surface area (Å²) < 4.78 is 2.42. The van der Waals surface area contributed by atoms with E-state index >= 15 is 0 Å². The molecule has 3 aromatic rings. The summed E-state index contributed by atoms with van der Waals surface area (Å²) >= 11 is 6.05. The zero-order chi connectivity index (χ0) is 17.4. The molecule has 1 aromatic carbocycles. The van der Waals surface area contributed by atoms with Gasteiger partial charge >= 0.3 is 0 Å². The van der Waals surface area contributed by atoms with Crippen LogP contribution in [0, 0.1) is 13.8 Å². The minimum absolute atomic E-state index is 0. The fourth-order valence-corrected chi connectivity index (χ4v) is 4.01. The molecule has 1 fully saturated rings. The molecule has 0 saturated carbocycles. The summed E-state index contributed by atoms with van der Waals surface area (Å²) in [7, 11) is 0. The molecule has 1 aliphatic rings.